The van der Waals surface area contributed by atoms with Gasteiger partial charge in [-0.15, -0.1) is 0 Å². The first kappa shape index (κ1) is 19.9. The Balaban J connectivity index is 0.00000211. The molecule has 1 aromatic rings. The van der Waals surface area contributed by atoms with Gasteiger partial charge in [0.25, 0.3) is 0 Å². The summed E-state index contributed by atoms with van der Waals surface area (Å²) in [5, 5.41) is 8.60. The third kappa shape index (κ3) is 8.22. The van der Waals surface area contributed by atoms with E-state index in [0.29, 0.717) is 18.9 Å². The number of nitrogens with one attached hydrogen (secondary N) is 3. The van der Waals surface area contributed by atoms with Crippen molar-refractivity contribution in [1.82, 2.24) is 20.6 Å². The second-order valence-electron chi connectivity index (χ2n) is 4.22. The molecule has 0 radical (unpaired) electrons. The molecule has 1 heterocycles. The lowest BCUT2D eigenvalue weighted by atomic mass is 10.2. The number of carbonyl (C=O) groups is 1. The number of hydrogen-bond donors (Lipinski definition) is 3. The maximum Gasteiger partial charge on any atom is 0.233 e. The zero-order valence-electron chi connectivity index (χ0n) is 14.2. The molecule has 0 saturated heterocycles. The number of nitrogens with zero attached hydrogens (tertiary/aromatic N) is 2. The van der Waals surface area contributed by atoms with E-state index >= 15 is 0 Å². The van der Waals surface area contributed by atoms with Crippen LogP contribution in [-0.4, -0.2) is 43.1 Å². The Bertz CT molecular complexity index is 505. The van der Waals surface area contributed by atoms with Crippen LogP contribution in [-0.2, 0) is 4.79 Å². The first-order valence-electron chi connectivity index (χ1n) is 7.59. The van der Waals surface area contributed by atoms with Gasteiger partial charge in [0.15, 0.2) is 0 Å². The average molecular weight is 305 g/mol. The van der Waals surface area contributed by atoms with E-state index in [1.807, 2.05) is 27.8 Å². The van der Waals surface area contributed by atoms with Gasteiger partial charge in [0.05, 0.1) is 12.1 Å². The Morgan fingerprint density at radius 3 is 2.68 bits per heavy atom. The van der Waals surface area contributed by atoms with Gasteiger partial charge >= 0.3 is 0 Å². The number of likely N-dealkylation sites (N-methyl/N-ethyl adjacent to an activating group) is 1. The monoisotopic (exact) mass is 305 g/mol. The lowest BCUT2D eigenvalue weighted by molar-refractivity contribution is -0.120. The number of aromatic nitrogens is 2. The second kappa shape index (κ2) is 12.6. The Morgan fingerprint density at radius 1 is 1.32 bits per heavy atom. The van der Waals surface area contributed by atoms with E-state index in [4.69, 9.17) is 0 Å². The summed E-state index contributed by atoms with van der Waals surface area (Å²) in [5.74, 6) is 7.57. The summed E-state index contributed by atoms with van der Waals surface area (Å²) in [5.41, 5.74) is 0.789. The highest BCUT2D eigenvalue weighted by Gasteiger charge is 2.00. The standard InChI is InChI=1S/C14H21N5O.C2H6/c1-11-18-9-12(14(16-3)19-11)7-5-4-6-8-17-13(20)10-15-2;1-2/h9,15H,4,6,8,10H2,1-3H3,(H,17,20)(H,16,18,19);1-2H3. The SMILES string of the molecule is CC.CNCC(=O)NCCCC#Cc1cnc(C)nc1NC. The largest absolute Gasteiger partial charge is 0.372 e. The summed E-state index contributed by atoms with van der Waals surface area (Å²) in [6, 6.07) is 0. The van der Waals surface area contributed by atoms with Crippen molar-refractivity contribution in [2.45, 2.75) is 33.6 Å². The van der Waals surface area contributed by atoms with Crippen LogP contribution in [0.3, 0.4) is 0 Å². The van der Waals surface area contributed by atoms with Crippen LogP contribution in [0.15, 0.2) is 6.20 Å². The van der Waals surface area contributed by atoms with Gasteiger partial charge in [-0.25, -0.2) is 9.97 Å². The Kier molecular flexibility index (Phi) is 11.4. The normalized spacial score (nSPS) is 8.95. The maximum atomic E-state index is 11.2. The molecule has 0 aliphatic heterocycles. The van der Waals surface area contributed by atoms with Gasteiger partial charge in [-0.05, 0) is 20.4 Å². The molecule has 1 aromatic heterocycles. The average Bonchev–Trinajstić information content (AvgIpc) is 2.54. The zero-order chi connectivity index (χ0) is 16.8. The van der Waals surface area contributed by atoms with Gasteiger partial charge in [-0.1, -0.05) is 25.7 Å². The van der Waals surface area contributed by atoms with Crippen molar-refractivity contribution in [2.75, 3.05) is 32.5 Å². The molecule has 0 aliphatic rings. The first-order valence-corrected chi connectivity index (χ1v) is 7.59. The first-order chi connectivity index (χ1) is 10.7. The summed E-state index contributed by atoms with van der Waals surface area (Å²) in [4.78, 5) is 19.6. The molecule has 0 aliphatic carbocycles. The molecular formula is C16H27N5O. The van der Waals surface area contributed by atoms with Gasteiger partial charge in [0, 0.05) is 26.2 Å². The number of aryl methyl sites for hydroxylation is 1. The zero-order valence-corrected chi connectivity index (χ0v) is 14.2. The molecule has 6 nitrogen and oxygen atoms in total. The summed E-state index contributed by atoms with van der Waals surface area (Å²) < 4.78 is 0. The van der Waals surface area contributed by atoms with Crippen molar-refractivity contribution in [3.05, 3.63) is 17.6 Å². The number of hydrogen-bond acceptors (Lipinski definition) is 5. The number of anilines is 1. The summed E-state index contributed by atoms with van der Waals surface area (Å²) in [6.45, 7) is 6.82. The molecule has 0 atom stereocenters. The molecular weight excluding hydrogens is 278 g/mol. The quantitative estimate of drug-likeness (QED) is 0.546. The van der Waals surface area contributed by atoms with Crippen LogP contribution in [0.5, 0.6) is 0 Å². The Morgan fingerprint density at radius 2 is 2.05 bits per heavy atom. The molecule has 122 valence electrons. The van der Waals surface area contributed by atoms with Crippen LogP contribution >= 0.6 is 0 Å². The van der Waals surface area contributed by atoms with Crippen molar-refractivity contribution in [3.8, 4) is 11.8 Å². The number of carbonyl (C=O) groups excluding carboxylic acids is 1. The van der Waals surface area contributed by atoms with Crippen molar-refractivity contribution >= 4 is 11.7 Å². The molecule has 0 saturated carbocycles. The third-order valence-corrected chi connectivity index (χ3v) is 2.51. The fourth-order valence-corrected chi connectivity index (χ4v) is 1.54. The van der Waals surface area contributed by atoms with Crippen LogP contribution in [0.25, 0.3) is 0 Å². The summed E-state index contributed by atoms with van der Waals surface area (Å²) >= 11 is 0. The number of amides is 1. The van der Waals surface area contributed by atoms with Crippen molar-refractivity contribution < 1.29 is 4.79 Å². The Hall–Kier alpha value is -2.13. The predicted octanol–water partition coefficient (Wildman–Crippen LogP) is 1.32. The molecule has 0 fully saturated rings. The second-order valence-corrected chi connectivity index (χ2v) is 4.22. The van der Waals surface area contributed by atoms with Gasteiger partial charge in [-0.3, -0.25) is 4.79 Å². The highest BCUT2D eigenvalue weighted by atomic mass is 16.1. The molecule has 1 rings (SSSR count). The van der Waals surface area contributed by atoms with Gasteiger partial charge < -0.3 is 16.0 Å². The summed E-state index contributed by atoms with van der Waals surface area (Å²) in [7, 11) is 3.55. The maximum absolute atomic E-state index is 11.2. The molecule has 0 spiro atoms. The predicted molar refractivity (Wildman–Crippen MR) is 90.7 cm³/mol. The smallest absolute Gasteiger partial charge is 0.233 e. The topological polar surface area (TPSA) is 78.9 Å². The highest BCUT2D eigenvalue weighted by molar-refractivity contribution is 5.77. The fraction of sp³-hybridized carbons (Fsp3) is 0.562. The van der Waals surface area contributed by atoms with E-state index in [0.717, 1.165) is 24.2 Å². The van der Waals surface area contributed by atoms with Crippen LogP contribution in [0.2, 0.25) is 0 Å². The number of unbranched alkanes of at least 4 members (excludes halogenated alkanes) is 1. The fourth-order valence-electron chi connectivity index (χ4n) is 1.54. The molecule has 3 N–H and O–H groups in total. The van der Waals surface area contributed by atoms with Crippen LogP contribution < -0.4 is 16.0 Å². The minimum absolute atomic E-state index is 0.00450. The summed E-state index contributed by atoms with van der Waals surface area (Å²) in [6.07, 6.45) is 3.26. The van der Waals surface area contributed by atoms with E-state index in [9.17, 15) is 4.79 Å². The van der Waals surface area contributed by atoms with E-state index in [1.54, 1.807) is 13.2 Å². The van der Waals surface area contributed by atoms with Crippen molar-refractivity contribution in [3.63, 3.8) is 0 Å². The van der Waals surface area contributed by atoms with Gasteiger partial charge in [0.1, 0.15) is 11.6 Å². The van der Waals surface area contributed by atoms with Crippen LogP contribution in [0, 0.1) is 18.8 Å². The van der Waals surface area contributed by atoms with Gasteiger partial charge in [-0.2, -0.15) is 0 Å². The molecule has 0 unspecified atom stereocenters. The van der Waals surface area contributed by atoms with Crippen molar-refractivity contribution in [1.29, 1.82) is 0 Å². The molecule has 1 amide bonds. The van der Waals surface area contributed by atoms with E-state index in [2.05, 4.69) is 37.8 Å². The van der Waals surface area contributed by atoms with Crippen LogP contribution in [0.4, 0.5) is 5.82 Å². The van der Waals surface area contributed by atoms with E-state index in [-0.39, 0.29) is 5.91 Å². The van der Waals surface area contributed by atoms with Gasteiger partial charge in [0.2, 0.25) is 5.91 Å². The van der Waals surface area contributed by atoms with Crippen LogP contribution in [0.1, 0.15) is 38.1 Å². The molecule has 22 heavy (non-hydrogen) atoms. The van der Waals surface area contributed by atoms with E-state index < -0.39 is 0 Å². The third-order valence-electron chi connectivity index (χ3n) is 2.51. The minimum Gasteiger partial charge on any atom is -0.372 e. The lowest BCUT2D eigenvalue weighted by Crippen LogP contribution is -2.32. The highest BCUT2D eigenvalue weighted by Crippen LogP contribution is 2.08. The Labute approximate surface area is 133 Å². The van der Waals surface area contributed by atoms with Crippen molar-refractivity contribution in [2.24, 2.45) is 0 Å². The molecule has 0 bridgehead atoms. The molecule has 0 aromatic carbocycles. The number of rotatable bonds is 6. The lowest BCUT2D eigenvalue weighted by Gasteiger charge is -2.03. The minimum atomic E-state index is 0.00450. The van der Waals surface area contributed by atoms with E-state index in [1.165, 1.54) is 0 Å². The molecule has 6 heteroatoms.